The second kappa shape index (κ2) is 8.73. The number of imidazole rings is 1. The van der Waals surface area contributed by atoms with E-state index in [9.17, 15) is 14.7 Å². The largest absolute Gasteiger partial charge is 0.480 e. The molecule has 3 rings (SSSR count). The van der Waals surface area contributed by atoms with Gasteiger partial charge in [0.25, 0.3) is 0 Å². The van der Waals surface area contributed by atoms with Gasteiger partial charge in [-0.05, 0) is 24.1 Å². The van der Waals surface area contributed by atoms with E-state index in [0.29, 0.717) is 5.75 Å². The fourth-order valence-corrected chi connectivity index (χ4v) is 3.48. The number of carbonyl (C=O) groups excluding carboxylic acids is 1. The molecule has 0 radical (unpaired) electrons. The summed E-state index contributed by atoms with van der Waals surface area (Å²) in [6.45, 7) is 2.02. The Labute approximate surface area is 161 Å². The summed E-state index contributed by atoms with van der Waals surface area (Å²) in [6, 6.07) is 12.3. The van der Waals surface area contributed by atoms with Crippen LogP contribution in [0, 0.1) is 6.92 Å². The maximum absolute atomic E-state index is 12.1. The maximum atomic E-state index is 12.1. The van der Waals surface area contributed by atoms with Gasteiger partial charge in [0, 0.05) is 24.6 Å². The van der Waals surface area contributed by atoms with E-state index in [1.54, 1.807) is 0 Å². The minimum absolute atomic E-state index is 0.186. The summed E-state index contributed by atoms with van der Waals surface area (Å²) in [6.07, 6.45) is 4.21. The number of thioether (sulfide) groups is 1. The highest BCUT2D eigenvalue weighted by Crippen LogP contribution is 2.14. The monoisotopic (exact) mass is 383 g/mol. The van der Waals surface area contributed by atoms with E-state index >= 15 is 0 Å². The number of nitrogens with zero attached hydrogens (tertiary/aromatic N) is 2. The number of carbonyl (C=O) groups is 2. The van der Waals surface area contributed by atoms with Gasteiger partial charge in [0.15, 0.2) is 0 Å². The highest BCUT2D eigenvalue weighted by atomic mass is 32.2. The Bertz CT molecular complexity index is 940. The van der Waals surface area contributed by atoms with Crippen LogP contribution < -0.4 is 5.32 Å². The number of aromatic nitrogens is 2. The van der Waals surface area contributed by atoms with Crippen LogP contribution in [0.4, 0.5) is 0 Å². The molecule has 6 nitrogen and oxygen atoms in total. The minimum atomic E-state index is -1.03. The molecule has 2 N–H and O–H groups in total. The van der Waals surface area contributed by atoms with Gasteiger partial charge in [-0.25, -0.2) is 9.78 Å². The second-order valence-corrected chi connectivity index (χ2v) is 7.33. The van der Waals surface area contributed by atoms with Gasteiger partial charge in [0.2, 0.25) is 5.91 Å². The zero-order valence-electron chi connectivity index (χ0n) is 15.0. The molecule has 0 aliphatic heterocycles. The minimum Gasteiger partial charge on any atom is -0.480 e. The Balaban J connectivity index is 1.50. The van der Waals surface area contributed by atoms with E-state index in [1.165, 1.54) is 11.8 Å². The van der Waals surface area contributed by atoms with Crippen molar-refractivity contribution < 1.29 is 14.7 Å². The highest BCUT2D eigenvalue weighted by molar-refractivity contribution is 7.99. The van der Waals surface area contributed by atoms with Crippen molar-refractivity contribution in [3.8, 4) is 0 Å². The summed E-state index contributed by atoms with van der Waals surface area (Å²) in [4.78, 5) is 28.1. The lowest BCUT2D eigenvalue weighted by atomic mass is 10.1. The number of rotatable bonds is 8. The first-order valence-corrected chi connectivity index (χ1v) is 9.75. The van der Waals surface area contributed by atoms with Crippen LogP contribution in [0.3, 0.4) is 0 Å². The van der Waals surface area contributed by atoms with E-state index < -0.39 is 12.0 Å². The Morgan fingerprint density at radius 2 is 1.96 bits per heavy atom. The Kier molecular flexibility index (Phi) is 6.13. The molecule has 0 bridgehead atoms. The SMILES string of the molecule is Cc1ccc2nc(CSCC(=O)N[C@@H](Cc3ccccc3)C(=O)O)cn2c1. The van der Waals surface area contributed by atoms with Crippen LogP contribution in [0.2, 0.25) is 0 Å². The predicted molar refractivity (Wildman–Crippen MR) is 106 cm³/mol. The van der Waals surface area contributed by atoms with Crippen LogP contribution in [0.1, 0.15) is 16.8 Å². The third-order valence-corrected chi connectivity index (χ3v) is 5.01. The number of amides is 1. The number of carboxylic acids is 1. The molecule has 0 aliphatic carbocycles. The van der Waals surface area contributed by atoms with Crippen LogP contribution >= 0.6 is 11.8 Å². The molecule has 2 aromatic heterocycles. The maximum Gasteiger partial charge on any atom is 0.326 e. The normalized spacial score (nSPS) is 12.0. The van der Waals surface area contributed by atoms with E-state index in [0.717, 1.165) is 22.5 Å². The van der Waals surface area contributed by atoms with Crippen LogP contribution in [0.5, 0.6) is 0 Å². The van der Waals surface area contributed by atoms with Crippen LogP contribution in [0.15, 0.2) is 54.9 Å². The van der Waals surface area contributed by atoms with Gasteiger partial charge in [-0.2, -0.15) is 0 Å². The quantitative estimate of drug-likeness (QED) is 0.625. The standard InChI is InChI=1S/C20H21N3O3S/c1-14-7-8-18-21-16(11-23(18)10-14)12-27-13-19(24)22-17(20(25)26)9-15-5-3-2-4-6-15/h2-8,10-11,17H,9,12-13H2,1H3,(H,22,24)(H,25,26)/t17-/m0/s1. The van der Waals surface area contributed by atoms with Crippen molar-refractivity contribution >= 4 is 29.3 Å². The smallest absolute Gasteiger partial charge is 0.326 e. The number of benzene rings is 1. The first kappa shape index (κ1) is 19.0. The van der Waals surface area contributed by atoms with Gasteiger partial charge in [0.1, 0.15) is 11.7 Å². The molecule has 0 unspecified atom stereocenters. The van der Waals surface area contributed by atoms with Crippen molar-refractivity contribution in [2.75, 3.05) is 5.75 Å². The summed E-state index contributed by atoms with van der Waals surface area (Å²) in [5.41, 5.74) is 3.78. The van der Waals surface area contributed by atoms with Crippen molar-refractivity contribution in [2.45, 2.75) is 25.1 Å². The van der Waals surface area contributed by atoms with E-state index in [1.807, 2.05) is 66.2 Å². The molecular weight excluding hydrogens is 362 g/mol. The van der Waals surface area contributed by atoms with Gasteiger partial charge < -0.3 is 14.8 Å². The molecule has 27 heavy (non-hydrogen) atoms. The van der Waals surface area contributed by atoms with Gasteiger partial charge in [-0.1, -0.05) is 36.4 Å². The molecule has 2 heterocycles. The average Bonchev–Trinajstić information content (AvgIpc) is 3.03. The van der Waals surface area contributed by atoms with Crippen molar-refractivity contribution in [1.82, 2.24) is 14.7 Å². The summed E-state index contributed by atoms with van der Waals surface area (Å²) < 4.78 is 1.96. The van der Waals surface area contributed by atoms with Crippen LogP contribution in [-0.2, 0) is 21.8 Å². The lowest BCUT2D eigenvalue weighted by Crippen LogP contribution is -2.43. The number of nitrogens with one attached hydrogen (secondary N) is 1. The highest BCUT2D eigenvalue weighted by Gasteiger charge is 2.20. The molecule has 1 atom stereocenters. The van der Waals surface area contributed by atoms with Gasteiger partial charge >= 0.3 is 5.97 Å². The predicted octanol–water partition coefficient (Wildman–Crippen LogP) is 2.69. The van der Waals surface area contributed by atoms with Crippen LogP contribution in [-0.4, -0.2) is 38.2 Å². The van der Waals surface area contributed by atoms with E-state index in [-0.39, 0.29) is 18.1 Å². The van der Waals surface area contributed by atoms with Crippen molar-refractivity contribution in [2.24, 2.45) is 0 Å². The summed E-state index contributed by atoms with van der Waals surface area (Å²) in [5, 5.41) is 12.0. The number of hydrogen-bond acceptors (Lipinski definition) is 4. The zero-order chi connectivity index (χ0) is 19.2. The van der Waals surface area contributed by atoms with Crippen LogP contribution in [0.25, 0.3) is 5.65 Å². The average molecular weight is 383 g/mol. The fraction of sp³-hybridized carbons (Fsp3) is 0.250. The number of hydrogen-bond donors (Lipinski definition) is 2. The molecule has 1 amide bonds. The first-order valence-electron chi connectivity index (χ1n) is 8.59. The Morgan fingerprint density at radius 3 is 2.70 bits per heavy atom. The van der Waals surface area contributed by atoms with Crippen molar-refractivity contribution in [3.05, 3.63) is 71.7 Å². The number of fused-ring (bicyclic) bond motifs is 1. The summed E-state index contributed by atoms with van der Waals surface area (Å²) in [7, 11) is 0. The second-order valence-electron chi connectivity index (χ2n) is 6.35. The van der Waals surface area contributed by atoms with E-state index in [4.69, 9.17) is 0 Å². The van der Waals surface area contributed by atoms with Crippen molar-refractivity contribution in [1.29, 1.82) is 0 Å². The molecule has 3 aromatic rings. The number of pyridine rings is 1. The lowest BCUT2D eigenvalue weighted by Gasteiger charge is -2.14. The molecule has 140 valence electrons. The number of aliphatic carboxylic acids is 1. The zero-order valence-corrected chi connectivity index (χ0v) is 15.8. The number of aryl methyl sites for hydroxylation is 1. The molecule has 7 heteroatoms. The van der Waals surface area contributed by atoms with Crippen molar-refractivity contribution in [3.63, 3.8) is 0 Å². The fourth-order valence-electron chi connectivity index (χ4n) is 2.76. The molecule has 0 aliphatic rings. The molecule has 0 saturated carbocycles. The topological polar surface area (TPSA) is 83.7 Å². The van der Waals surface area contributed by atoms with Gasteiger partial charge in [-0.3, -0.25) is 4.79 Å². The molecule has 0 spiro atoms. The summed E-state index contributed by atoms with van der Waals surface area (Å²) >= 11 is 1.41. The molecule has 0 fully saturated rings. The molecule has 0 saturated heterocycles. The van der Waals surface area contributed by atoms with Gasteiger partial charge in [0.05, 0.1) is 11.4 Å². The summed E-state index contributed by atoms with van der Waals surface area (Å²) in [5.74, 6) is -0.549. The number of carboxylic acid groups (broad SMARTS) is 1. The van der Waals surface area contributed by atoms with E-state index in [2.05, 4.69) is 10.3 Å². The third-order valence-electron chi connectivity index (χ3n) is 4.05. The lowest BCUT2D eigenvalue weighted by molar-refractivity contribution is -0.141. The Morgan fingerprint density at radius 1 is 1.19 bits per heavy atom. The Hall–Kier alpha value is -2.80. The molecular formula is C20H21N3O3S. The molecule has 1 aromatic carbocycles. The third kappa shape index (κ3) is 5.34. The first-order chi connectivity index (χ1) is 13.0. The van der Waals surface area contributed by atoms with Gasteiger partial charge in [-0.15, -0.1) is 11.8 Å².